The number of rotatable bonds is 6. The molecule has 0 atom stereocenters. The Morgan fingerprint density at radius 3 is 2.76 bits per heavy atom. The van der Waals surface area contributed by atoms with Gasteiger partial charge in [-0.1, -0.05) is 0 Å². The number of carbonyl (C=O) groups is 1. The molecule has 0 heterocycles. The number of halogens is 1. The molecule has 0 radical (unpaired) electrons. The molecule has 3 N–H and O–H groups in total. The summed E-state index contributed by atoms with van der Waals surface area (Å²) in [7, 11) is 3.40. The lowest BCUT2D eigenvalue weighted by molar-refractivity contribution is -0.119. The predicted molar refractivity (Wildman–Crippen MR) is 68.1 cm³/mol. The van der Waals surface area contributed by atoms with Gasteiger partial charge in [0.25, 0.3) is 5.91 Å². The molecule has 0 spiro atoms. The zero-order valence-electron chi connectivity index (χ0n) is 9.75. The Hall–Kier alpha value is -1.27. The number of benzene rings is 1. The van der Waals surface area contributed by atoms with Gasteiger partial charge in [0.1, 0.15) is 0 Å². The van der Waals surface area contributed by atoms with Crippen LogP contribution in [0.2, 0.25) is 0 Å². The number of methoxy groups -OCH3 is 1. The molecule has 0 aliphatic carbocycles. The molecular weight excluding hydrogens is 288 g/mol. The molecule has 1 aromatic rings. The van der Waals surface area contributed by atoms with Crippen LogP contribution in [0.3, 0.4) is 0 Å². The summed E-state index contributed by atoms with van der Waals surface area (Å²) < 4.78 is 11.2. The normalized spacial score (nSPS) is 10.1. The van der Waals surface area contributed by atoms with Crippen LogP contribution >= 0.6 is 15.9 Å². The Balaban J connectivity index is 2.98. The number of hydrogen-bond donors (Lipinski definition) is 2. The van der Waals surface area contributed by atoms with Crippen molar-refractivity contribution >= 4 is 21.8 Å². The van der Waals surface area contributed by atoms with Gasteiger partial charge >= 0.3 is 0 Å². The molecule has 1 amide bonds. The van der Waals surface area contributed by atoms with Crippen LogP contribution in [0.15, 0.2) is 16.6 Å². The van der Waals surface area contributed by atoms with E-state index in [-0.39, 0.29) is 6.61 Å². The van der Waals surface area contributed by atoms with Gasteiger partial charge in [-0.3, -0.25) is 4.79 Å². The minimum atomic E-state index is -0.529. The van der Waals surface area contributed by atoms with E-state index in [9.17, 15) is 4.79 Å². The molecule has 0 aliphatic rings. The van der Waals surface area contributed by atoms with Crippen LogP contribution in [0.1, 0.15) is 5.56 Å². The second-order valence-electron chi connectivity index (χ2n) is 3.39. The van der Waals surface area contributed by atoms with Crippen LogP contribution in [-0.4, -0.2) is 26.7 Å². The second-order valence-corrected chi connectivity index (χ2v) is 4.25. The molecule has 0 bridgehead atoms. The average Bonchev–Trinajstić information content (AvgIpc) is 2.27. The maximum absolute atomic E-state index is 10.7. The molecule has 0 unspecified atom stereocenters. The van der Waals surface area contributed by atoms with Crippen LogP contribution in [0, 0.1) is 0 Å². The minimum Gasteiger partial charge on any atom is -0.493 e. The van der Waals surface area contributed by atoms with Crippen molar-refractivity contribution in [2.24, 2.45) is 5.73 Å². The van der Waals surface area contributed by atoms with Crippen molar-refractivity contribution < 1.29 is 14.3 Å². The number of carbonyl (C=O) groups excluding carboxylic acids is 1. The van der Waals surface area contributed by atoms with Gasteiger partial charge in [-0.05, 0) is 40.7 Å². The summed E-state index contributed by atoms with van der Waals surface area (Å²) in [5.74, 6) is 0.510. The van der Waals surface area contributed by atoms with E-state index in [2.05, 4.69) is 21.2 Å². The van der Waals surface area contributed by atoms with Crippen LogP contribution in [0.5, 0.6) is 11.5 Å². The number of ether oxygens (including phenoxy) is 2. The first-order valence-corrected chi connectivity index (χ1v) is 5.80. The van der Waals surface area contributed by atoms with Crippen LogP contribution in [0.25, 0.3) is 0 Å². The SMILES string of the molecule is CNCc1cc(Br)c(OCC(N)=O)c(OC)c1. The van der Waals surface area contributed by atoms with Gasteiger partial charge in [-0.15, -0.1) is 0 Å². The van der Waals surface area contributed by atoms with Crippen molar-refractivity contribution in [1.82, 2.24) is 5.32 Å². The molecule has 5 nitrogen and oxygen atoms in total. The van der Waals surface area contributed by atoms with Crippen molar-refractivity contribution in [2.45, 2.75) is 6.54 Å². The minimum absolute atomic E-state index is 0.180. The summed E-state index contributed by atoms with van der Waals surface area (Å²) in [6.07, 6.45) is 0. The number of hydrogen-bond acceptors (Lipinski definition) is 4. The third-order valence-electron chi connectivity index (χ3n) is 2.03. The van der Waals surface area contributed by atoms with E-state index in [0.29, 0.717) is 18.0 Å². The van der Waals surface area contributed by atoms with E-state index in [0.717, 1.165) is 10.0 Å². The lowest BCUT2D eigenvalue weighted by atomic mass is 10.2. The Morgan fingerprint density at radius 2 is 2.24 bits per heavy atom. The molecule has 0 fully saturated rings. The molecule has 6 heteroatoms. The standard InChI is InChI=1S/C11H15BrN2O3/c1-14-5-7-3-8(12)11(9(4-7)16-2)17-6-10(13)15/h3-4,14H,5-6H2,1-2H3,(H2,13,15). The van der Waals surface area contributed by atoms with Gasteiger partial charge in [-0.25, -0.2) is 0 Å². The summed E-state index contributed by atoms with van der Waals surface area (Å²) in [6.45, 7) is 0.533. The first-order valence-electron chi connectivity index (χ1n) is 5.00. The highest BCUT2D eigenvalue weighted by molar-refractivity contribution is 9.10. The first kappa shape index (κ1) is 13.8. The zero-order chi connectivity index (χ0) is 12.8. The maximum Gasteiger partial charge on any atom is 0.255 e. The summed E-state index contributed by atoms with van der Waals surface area (Å²) in [6, 6.07) is 3.74. The average molecular weight is 303 g/mol. The van der Waals surface area contributed by atoms with Gasteiger partial charge in [0, 0.05) is 6.54 Å². The largest absolute Gasteiger partial charge is 0.493 e. The van der Waals surface area contributed by atoms with Crippen molar-refractivity contribution in [3.63, 3.8) is 0 Å². The van der Waals surface area contributed by atoms with Crippen LogP contribution < -0.4 is 20.5 Å². The molecule has 94 valence electrons. The highest BCUT2D eigenvalue weighted by atomic mass is 79.9. The first-order chi connectivity index (χ1) is 8.08. The molecule has 0 saturated carbocycles. The van der Waals surface area contributed by atoms with Crippen molar-refractivity contribution in [3.05, 3.63) is 22.2 Å². The van der Waals surface area contributed by atoms with E-state index in [4.69, 9.17) is 15.2 Å². The molecule has 1 aromatic carbocycles. The van der Waals surface area contributed by atoms with E-state index in [1.807, 2.05) is 19.2 Å². The second kappa shape index (κ2) is 6.46. The van der Waals surface area contributed by atoms with Crippen molar-refractivity contribution in [2.75, 3.05) is 20.8 Å². The van der Waals surface area contributed by atoms with E-state index in [1.165, 1.54) is 0 Å². The van der Waals surface area contributed by atoms with E-state index >= 15 is 0 Å². The number of nitrogens with one attached hydrogen (secondary N) is 1. The summed E-state index contributed by atoms with van der Waals surface area (Å²) in [5.41, 5.74) is 6.07. The Bertz CT molecular complexity index is 410. The summed E-state index contributed by atoms with van der Waals surface area (Å²) in [4.78, 5) is 10.7. The summed E-state index contributed by atoms with van der Waals surface area (Å²) in [5, 5.41) is 3.04. The Labute approximate surface area is 108 Å². The van der Waals surface area contributed by atoms with Gasteiger partial charge in [0.05, 0.1) is 11.6 Å². The number of nitrogens with two attached hydrogens (primary N) is 1. The lowest BCUT2D eigenvalue weighted by Crippen LogP contribution is -2.20. The Morgan fingerprint density at radius 1 is 1.53 bits per heavy atom. The quantitative estimate of drug-likeness (QED) is 0.823. The summed E-state index contributed by atoms with van der Waals surface area (Å²) >= 11 is 3.37. The van der Waals surface area contributed by atoms with Crippen molar-refractivity contribution in [1.29, 1.82) is 0 Å². The van der Waals surface area contributed by atoms with Gasteiger partial charge < -0.3 is 20.5 Å². The topological polar surface area (TPSA) is 73.6 Å². The van der Waals surface area contributed by atoms with Gasteiger partial charge in [-0.2, -0.15) is 0 Å². The van der Waals surface area contributed by atoms with Crippen molar-refractivity contribution in [3.8, 4) is 11.5 Å². The molecule has 17 heavy (non-hydrogen) atoms. The van der Waals surface area contributed by atoms with E-state index < -0.39 is 5.91 Å². The maximum atomic E-state index is 10.7. The fourth-order valence-corrected chi connectivity index (χ4v) is 1.97. The van der Waals surface area contributed by atoms with Crippen LogP contribution in [-0.2, 0) is 11.3 Å². The fraction of sp³-hybridized carbons (Fsp3) is 0.364. The smallest absolute Gasteiger partial charge is 0.255 e. The predicted octanol–water partition coefficient (Wildman–Crippen LogP) is 1.04. The molecular formula is C11H15BrN2O3. The fourth-order valence-electron chi connectivity index (χ4n) is 1.36. The molecule has 0 aromatic heterocycles. The zero-order valence-corrected chi connectivity index (χ0v) is 11.3. The van der Waals surface area contributed by atoms with E-state index in [1.54, 1.807) is 7.11 Å². The molecule has 1 rings (SSSR count). The third-order valence-corrected chi connectivity index (χ3v) is 2.62. The van der Waals surface area contributed by atoms with Gasteiger partial charge in [0.15, 0.2) is 18.1 Å². The van der Waals surface area contributed by atoms with Gasteiger partial charge in [0.2, 0.25) is 0 Å². The lowest BCUT2D eigenvalue weighted by Gasteiger charge is -2.13. The third kappa shape index (κ3) is 3.90. The number of amides is 1. The molecule has 0 aliphatic heterocycles. The Kier molecular flexibility index (Phi) is 5.24. The molecule has 0 saturated heterocycles. The highest BCUT2D eigenvalue weighted by Gasteiger charge is 2.12. The number of primary amides is 1. The van der Waals surface area contributed by atoms with Crippen LogP contribution in [0.4, 0.5) is 0 Å². The highest BCUT2D eigenvalue weighted by Crippen LogP contribution is 2.36. The monoisotopic (exact) mass is 302 g/mol.